The van der Waals surface area contributed by atoms with E-state index in [9.17, 15) is 48.6 Å². The molecule has 0 aliphatic carbocycles. The molecular formula is C52H81N9O12S. The Bertz CT molecular complexity index is 2310. The highest BCUT2D eigenvalue weighted by Crippen LogP contribution is 2.32. The van der Waals surface area contributed by atoms with Gasteiger partial charge in [-0.2, -0.15) is 0 Å². The molecular weight excluding hydrogens is 975 g/mol. The smallest absolute Gasteiger partial charge is 0.407 e. The molecule has 0 bridgehead atoms. The molecule has 7 amide bonds. The molecule has 2 unspecified atom stereocenters. The average molecular weight is 1060 g/mol. The Labute approximate surface area is 439 Å². The molecule has 0 saturated heterocycles. The highest BCUT2D eigenvalue weighted by molar-refractivity contribution is 7.09. The number of aliphatic hydroxyl groups excluding tert-OH is 1. The number of aromatic hydroxyl groups is 1. The highest BCUT2D eigenvalue weighted by atomic mass is 32.1. The van der Waals surface area contributed by atoms with Crippen molar-refractivity contribution in [2.24, 2.45) is 17.8 Å². The molecule has 7 N–H and O–H groups in total. The lowest BCUT2D eigenvalue weighted by Gasteiger charge is -2.38. The van der Waals surface area contributed by atoms with Crippen molar-refractivity contribution < 1.29 is 58.0 Å². The molecule has 22 heteroatoms. The molecule has 21 nitrogen and oxygen atoms in total. The molecule has 1 aliphatic rings. The first-order chi connectivity index (χ1) is 34.4. The van der Waals surface area contributed by atoms with E-state index in [0.29, 0.717) is 17.0 Å². The third kappa shape index (κ3) is 19.0. The Morgan fingerprint density at radius 2 is 1.61 bits per heavy atom. The molecule has 0 spiro atoms. The Balaban J connectivity index is 1.87. The number of rotatable bonds is 27. The maximum absolute atomic E-state index is 14.3. The van der Waals surface area contributed by atoms with Crippen LogP contribution in [0.4, 0.5) is 10.5 Å². The van der Waals surface area contributed by atoms with Gasteiger partial charge in [-0.3, -0.25) is 38.5 Å². The molecule has 1 aromatic heterocycles. The lowest BCUT2D eigenvalue weighted by molar-refractivity contribution is -0.149. The number of phenols is 1. The maximum atomic E-state index is 14.3. The van der Waals surface area contributed by atoms with Gasteiger partial charge in [0.25, 0.3) is 5.91 Å². The number of alkyl carbamates (subject to hydrolysis) is 1. The molecule has 2 heterocycles. The molecule has 7 atom stereocenters. The predicted octanol–water partition coefficient (Wildman–Crippen LogP) is 4.64. The number of amides is 7. The molecule has 1 aliphatic heterocycles. The van der Waals surface area contributed by atoms with E-state index in [1.54, 1.807) is 84.6 Å². The van der Waals surface area contributed by atoms with Gasteiger partial charge in [-0.15, -0.1) is 11.3 Å². The van der Waals surface area contributed by atoms with Crippen LogP contribution < -0.4 is 26.6 Å². The summed E-state index contributed by atoms with van der Waals surface area (Å²) >= 11 is 1.10. The van der Waals surface area contributed by atoms with Crippen molar-refractivity contribution in [2.45, 2.75) is 156 Å². The second-order valence-electron chi connectivity index (χ2n) is 21.0. The van der Waals surface area contributed by atoms with Crippen molar-refractivity contribution in [1.29, 1.82) is 0 Å². The number of phenolic OH excluding ortho intramolecular Hbond substituents is 1. The van der Waals surface area contributed by atoms with Gasteiger partial charge in [0.15, 0.2) is 6.10 Å². The zero-order valence-electron chi connectivity index (χ0n) is 45.6. The van der Waals surface area contributed by atoms with E-state index in [1.165, 1.54) is 35.4 Å². The first-order valence-corrected chi connectivity index (χ1v) is 26.0. The minimum atomic E-state index is -1.06. The van der Waals surface area contributed by atoms with Crippen molar-refractivity contribution in [3.8, 4) is 5.75 Å². The van der Waals surface area contributed by atoms with Crippen LogP contribution in [0.2, 0.25) is 0 Å². The van der Waals surface area contributed by atoms with Gasteiger partial charge < -0.3 is 56.1 Å². The summed E-state index contributed by atoms with van der Waals surface area (Å²) in [7, 11) is 5.24. The van der Waals surface area contributed by atoms with Crippen LogP contribution in [0.15, 0.2) is 35.7 Å². The van der Waals surface area contributed by atoms with Crippen molar-refractivity contribution in [1.82, 2.24) is 41.0 Å². The van der Waals surface area contributed by atoms with Gasteiger partial charge in [0.1, 0.15) is 34.3 Å². The number of hydrogen-bond donors (Lipinski definition) is 7. The Hall–Kier alpha value is -6.13. The van der Waals surface area contributed by atoms with Crippen LogP contribution in [-0.2, 0) is 44.7 Å². The summed E-state index contributed by atoms with van der Waals surface area (Å²) in [6, 6.07) is 2.50. The summed E-state index contributed by atoms with van der Waals surface area (Å²) in [6.07, 6.45) is 1.17. The van der Waals surface area contributed by atoms with E-state index in [1.807, 2.05) is 27.7 Å². The highest BCUT2D eigenvalue weighted by Gasteiger charge is 2.39. The van der Waals surface area contributed by atoms with E-state index in [2.05, 4.69) is 31.6 Å². The number of nitrogens with zero attached hydrogens (tertiary/aromatic N) is 4. The minimum Gasteiger partial charge on any atom is -0.506 e. The summed E-state index contributed by atoms with van der Waals surface area (Å²) in [5.74, 6) is -4.21. The number of carbonyl (C=O) groups excluding carboxylic acids is 8. The standard InChI is InChI=1S/C52H81N9O12S/c1-15-31(4)44(58-49(70)52(10,11)59(12)13)48(69)60(14)38(30(2)3)28-40(72-33(6)62)47-57-37(29-74-47)46(68)55-35(25-32(5)45(67)53-22-23-54-50(71)73-51(7,8)9)26-34-18-19-39(63)36(27-34)56-41(64)17-16-24-61-42(65)20-21-43(61)66/h18-21,27,29-32,35,38,40,42,44,63,65H,15-17,22-26,28H2,1-14H3,(H,53,67)(H,54,71)(H,55,68)(H,56,64)(H,58,70)/t31-,32?,35+,38+,40+,42?,44-/m0/s1. The van der Waals surface area contributed by atoms with Gasteiger partial charge in [-0.1, -0.05) is 47.1 Å². The average Bonchev–Trinajstić information content (AvgIpc) is 3.93. The first-order valence-electron chi connectivity index (χ1n) is 25.2. The van der Waals surface area contributed by atoms with E-state index in [4.69, 9.17) is 9.47 Å². The van der Waals surface area contributed by atoms with Gasteiger partial charge >= 0.3 is 12.1 Å². The zero-order chi connectivity index (χ0) is 55.8. The van der Waals surface area contributed by atoms with Crippen LogP contribution in [0.5, 0.6) is 5.75 Å². The predicted molar refractivity (Wildman–Crippen MR) is 281 cm³/mol. The zero-order valence-corrected chi connectivity index (χ0v) is 46.4. The number of aliphatic hydroxyl groups is 1. The third-order valence-corrected chi connectivity index (χ3v) is 13.9. The number of anilines is 1. The van der Waals surface area contributed by atoms with E-state index in [-0.39, 0.29) is 104 Å². The van der Waals surface area contributed by atoms with Crippen LogP contribution >= 0.6 is 11.3 Å². The van der Waals surface area contributed by atoms with Crippen molar-refractivity contribution in [2.75, 3.05) is 46.1 Å². The van der Waals surface area contributed by atoms with Gasteiger partial charge in [-0.05, 0) is 104 Å². The molecule has 412 valence electrons. The molecule has 3 rings (SSSR count). The van der Waals surface area contributed by atoms with E-state index < -0.39 is 71.4 Å². The van der Waals surface area contributed by atoms with Crippen LogP contribution in [0.3, 0.4) is 0 Å². The number of ether oxygens (including phenoxy) is 2. The lowest BCUT2D eigenvalue weighted by Crippen LogP contribution is -2.60. The van der Waals surface area contributed by atoms with Crippen LogP contribution in [0.1, 0.15) is 135 Å². The van der Waals surface area contributed by atoms with Crippen LogP contribution in [0, 0.1) is 17.8 Å². The fraction of sp³-hybridized carbons (Fsp3) is 0.635. The second-order valence-corrected chi connectivity index (χ2v) is 21.9. The second kappa shape index (κ2) is 28.0. The lowest BCUT2D eigenvalue weighted by atomic mass is 9.92. The first kappa shape index (κ1) is 62.2. The Morgan fingerprint density at radius 3 is 2.19 bits per heavy atom. The number of likely N-dealkylation sites (N-methyl/N-ethyl adjacent to an activating group) is 2. The number of thiazole rings is 1. The number of benzene rings is 1. The number of nitrogens with one attached hydrogen (secondary N) is 5. The molecule has 74 heavy (non-hydrogen) atoms. The summed E-state index contributed by atoms with van der Waals surface area (Å²) < 4.78 is 11.1. The number of esters is 1. The summed E-state index contributed by atoms with van der Waals surface area (Å²) in [5.41, 5.74) is -0.915. The van der Waals surface area contributed by atoms with Gasteiger partial charge in [-0.25, -0.2) is 9.78 Å². The Kier molecular flexibility index (Phi) is 23.5. The van der Waals surface area contributed by atoms with Crippen LogP contribution in [0.25, 0.3) is 0 Å². The van der Waals surface area contributed by atoms with Crippen molar-refractivity contribution >= 4 is 64.5 Å². The number of hydrogen-bond acceptors (Lipinski definition) is 15. The molecule has 2 aromatic rings. The number of aromatic nitrogens is 1. The van der Waals surface area contributed by atoms with Gasteiger partial charge in [0.05, 0.1) is 11.2 Å². The Morgan fingerprint density at radius 1 is 0.946 bits per heavy atom. The topological polar surface area (TPSA) is 278 Å². The molecule has 0 fully saturated rings. The SMILES string of the molecule is CC[C@H](C)[C@H](NC(=O)C(C)(C)N(C)C)C(=O)N(C)[C@H](C[C@@H](OC(C)=O)c1nc(C(=O)N[C@@H](Cc2ccc(O)c(NC(=O)CCCN3C(=O)C=CC3O)c2)CC(C)C(=O)NCCNC(=O)OC(C)(C)C)cs1)C(C)C. The van der Waals surface area contributed by atoms with Gasteiger partial charge in [0, 0.05) is 75.9 Å². The van der Waals surface area contributed by atoms with Gasteiger partial charge in [0.2, 0.25) is 29.5 Å². The normalized spacial score (nSPS) is 16.1. The fourth-order valence-electron chi connectivity index (χ4n) is 7.91. The number of carbonyl (C=O) groups is 8. The monoisotopic (exact) mass is 1060 g/mol. The van der Waals surface area contributed by atoms with Crippen molar-refractivity contribution in [3.05, 3.63) is 52.0 Å². The molecule has 1 aromatic carbocycles. The van der Waals surface area contributed by atoms with E-state index in [0.717, 1.165) is 11.3 Å². The third-order valence-electron chi connectivity index (χ3n) is 13.0. The fourth-order valence-corrected chi connectivity index (χ4v) is 8.75. The van der Waals surface area contributed by atoms with Crippen LogP contribution in [-0.4, -0.2) is 154 Å². The summed E-state index contributed by atoms with van der Waals surface area (Å²) in [5, 5.41) is 36.6. The molecule has 0 radical (unpaired) electrons. The minimum absolute atomic E-state index is 0.00337. The summed E-state index contributed by atoms with van der Waals surface area (Å²) in [6.45, 7) is 19.8. The van der Waals surface area contributed by atoms with Crippen molar-refractivity contribution in [3.63, 3.8) is 0 Å². The van der Waals surface area contributed by atoms with E-state index >= 15 is 0 Å². The summed E-state index contributed by atoms with van der Waals surface area (Å²) in [4.78, 5) is 114. The largest absolute Gasteiger partial charge is 0.506 e. The maximum Gasteiger partial charge on any atom is 0.407 e. The quantitative estimate of drug-likeness (QED) is 0.0365. The molecule has 0 saturated carbocycles.